The minimum Gasteiger partial charge on any atom is -0.357 e. The van der Waals surface area contributed by atoms with Crippen molar-refractivity contribution in [3.05, 3.63) is 33.0 Å². The normalized spacial score (nSPS) is 13.7. The Morgan fingerprint density at radius 3 is 2.59 bits per heavy atom. The van der Waals surface area contributed by atoms with Gasteiger partial charge in [0.2, 0.25) is 0 Å². The third kappa shape index (κ3) is 5.69. The van der Waals surface area contributed by atoms with Crippen LogP contribution in [-0.4, -0.2) is 33.3 Å². The standard InChI is InChI=1S/C17H25F3N6S/c1-6-21-16(22-8-15-24-14(9-27-15)17(18,19)20)23-10(2)7-13-11(3)25-26(5)12(13)4/h9-10H,6-8H2,1-5H3,(H2,21,22,23). The van der Waals surface area contributed by atoms with Gasteiger partial charge in [-0.3, -0.25) is 4.68 Å². The van der Waals surface area contributed by atoms with Gasteiger partial charge in [-0.2, -0.15) is 18.3 Å². The number of halogens is 3. The fraction of sp³-hybridized carbons (Fsp3) is 0.588. The second-order valence-corrected chi connectivity index (χ2v) is 7.28. The molecule has 0 bridgehead atoms. The third-order valence-electron chi connectivity index (χ3n) is 4.11. The van der Waals surface area contributed by atoms with Gasteiger partial charge in [0.05, 0.1) is 12.2 Å². The third-order valence-corrected chi connectivity index (χ3v) is 4.94. The lowest BCUT2D eigenvalue weighted by Crippen LogP contribution is -2.43. The van der Waals surface area contributed by atoms with Gasteiger partial charge in [0.1, 0.15) is 5.01 Å². The summed E-state index contributed by atoms with van der Waals surface area (Å²) in [4.78, 5) is 7.97. The van der Waals surface area contributed by atoms with E-state index < -0.39 is 11.9 Å². The number of aliphatic imine (C=N–C) groups is 1. The predicted octanol–water partition coefficient (Wildman–Crippen LogP) is 3.20. The first kappa shape index (κ1) is 21.2. The van der Waals surface area contributed by atoms with E-state index in [4.69, 9.17) is 0 Å². The molecule has 2 heterocycles. The maximum Gasteiger partial charge on any atom is 0.434 e. The summed E-state index contributed by atoms with van der Waals surface area (Å²) in [6, 6.07) is 0.0754. The fourth-order valence-electron chi connectivity index (χ4n) is 2.68. The molecule has 0 spiro atoms. The summed E-state index contributed by atoms with van der Waals surface area (Å²) in [5.41, 5.74) is 2.42. The molecule has 0 saturated carbocycles. The molecule has 0 aliphatic heterocycles. The number of nitrogens with one attached hydrogen (secondary N) is 2. The van der Waals surface area contributed by atoms with Crippen LogP contribution in [0.1, 0.15) is 41.5 Å². The Bertz CT molecular complexity index is 793. The minimum absolute atomic E-state index is 0.0754. The largest absolute Gasteiger partial charge is 0.434 e. The van der Waals surface area contributed by atoms with Crippen LogP contribution < -0.4 is 10.6 Å². The minimum atomic E-state index is -4.42. The molecule has 10 heteroatoms. The molecule has 2 aromatic heterocycles. The highest BCUT2D eigenvalue weighted by molar-refractivity contribution is 7.09. The molecule has 0 amide bonds. The van der Waals surface area contributed by atoms with Crippen molar-refractivity contribution in [1.82, 2.24) is 25.4 Å². The summed E-state index contributed by atoms with van der Waals surface area (Å²) in [7, 11) is 1.92. The Labute approximate surface area is 160 Å². The Hall–Kier alpha value is -2.10. The number of alkyl halides is 3. The highest BCUT2D eigenvalue weighted by Crippen LogP contribution is 2.30. The predicted molar refractivity (Wildman–Crippen MR) is 101 cm³/mol. The van der Waals surface area contributed by atoms with E-state index >= 15 is 0 Å². The highest BCUT2D eigenvalue weighted by Gasteiger charge is 2.33. The van der Waals surface area contributed by atoms with Gasteiger partial charge in [-0.25, -0.2) is 9.98 Å². The first-order valence-corrected chi connectivity index (χ1v) is 9.55. The van der Waals surface area contributed by atoms with Crippen molar-refractivity contribution in [1.29, 1.82) is 0 Å². The Morgan fingerprint density at radius 2 is 2.07 bits per heavy atom. The van der Waals surface area contributed by atoms with E-state index in [1.165, 1.54) is 5.56 Å². The quantitative estimate of drug-likeness (QED) is 0.575. The van der Waals surface area contributed by atoms with Gasteiger partial charge in [0, 0.05) is 30.7 Å². The van der Waals surface area contributed by atoms with Crippen LogP contribution in [0.4, 0.5) is 13.2 Å². The zero-order valence-electron chi connectivity index (χ0n) is 16.1. The van der Waals surface area contributed by atoms with Crippen LogP contribution in [-0.2, 0) is 26.2 Å². The average Bonchev–Trinajstić information content (AvgIpc) is 3.14. The number of aromatic nitrogens is 3. The van der Waals surface area contributed by atoms with Gasteiger partial charge in [0.15, 0.2) is 11.7 Å². The van der Waals surface area contributed by atoms with Crippen molar-refractivity contribution in [3.63, 3.8) is 0 Å². The van der Waals surface area contributed by atoms with Crippen molar-refractivity contribution < 1.29 is 13.2 Å². The van der Waals surface area contributed by atoms with E-state index in [-0.39, 0.29) is 12.6 Å². The Balaban J connectivity index is 2.03. The summed E-state index contributed by atoms with van der Waals surface area (Å²) >= 11 is 0.960. The molecule has 1 atom stereocenters. The van der Waals surface area contributed by atoms with E-state index in [1.54, 1.807) is 0 Å². The average molecular weight is 402 g/mol. The van der Waals surface area contributed by atoms with Crippen LogP contribution in [0, 0.1) is 13.8 Å². The van der Waals surface area contributed by atoms with E-state index in [1.807, 2.05) is 39.4 Å². The Morgan fingerprint density at radius 1 is 1.37 bits per heavy atom. The smallest absolute Gasteiger partial charge is 0.357 e. The lowest BCUT2D eigenvalue weighted by molar-refractivity contribution is -0.140. The number of hydrogen-bond acceptors (Lipinski definition) is 4. The fourth-order valence-corrected chi connectivity index (χ4v) is 3.41. The van der Waals surface area contributed by atoms with E-state index in [0.29, 0.717) is 17.5 Å². The van der Waals surface area contributed by atoms with E-state index in [0.717, 1.165) is 34.5 Å². The van der Waals surface area contributed by atoms with Gasteiger partial charge in [0.25, 0.3) is 0 Å². The van der Waals surface area contributed by atoms with Crippen molar-refractivity contribution >= 4 is 17.3 Å². The molecule has 27 heavy (non-hydrogen) atoms. The molecule has 0 aromatic carbocycles. The van der Waals surface area contributed by atoms with Crippen LogP contribution in [0.3, 0.4) is 0 Å². The highest BCUT2D eigenvalue weighted by atomic mass is 32.1. The molecule has 0 saturated heterocycles. The van der Waals surface area contributed by atoms with Crippen molar-refractivity contribution in [2.24, 2.45) is 12.0 Å². The summed E-state index contributed by atoms with van der Waals surface area (Å²) in [6.45, 7) is 8.71. The van der Waals surface area contributed by atoms with Crippen LogP contribution in [0.25, 0.3) is 0 Å². The number of hydrogen-bond donors (Lipinski definition) is 2. The van der Waals surface area contributed by atoms with E-state index in [9.17, 15) is 13.2 Å². The lowest BCUT2D eigenvalue weighted by atomic mass is 10.1. The lowest BCUT2D eigenvalue weighted by Gasteiger charge is -2.18. The monoisotopic (exact) mass is 402 g/mol. The van der Waals surface area contributed by atoms with Crippen LogP contribution in [0.5, 0.6) is 0 Å². The van der Waals surface area contributed by atoms with Gasteiger partial charge in [-0.15, -0.1) is 11.3 Å². The SMILES string of the molecule is CCNC(=NCc1nc(C(F)(F)F)cs1)NC(C)Cc1c(C)nn(C)c1C. The molecule has 0 fully saturated rings. The van der Waals surface area contributed by atoms with Gasteiger partial charge in [-0.05, 0) is 39.7 Å². The first-order chi connectivity index (χ1) is 12.6. The topological polar surface area (TPSA) is 67.1 Å². The number of nitrogens with zero attached hydrogens (tertiary/aromatic N) is 4. The maximum atomic E-state index is 12.6. The maximum absolute atomic E-state index is 12.6. The molecule has 6 nitrogen and oxygen atoms in total. The van der Waals surface area contributed by atoms with Crippen LogP contribution in [0.2, 0.25) is 0 Å². The molecule has 150 valence electrons. The number of thiazole rings is 1. The molecular weight excluding hydrogens is 377 g/mol. The van der Waals surface area contributed by atoms with Gasteiger partial charge < -0.3 is 10.6 Å². The molecular formula is C17H25F3N6S. The van der Waals surface area contributed by atoms with Gasteiger partial charge >= 0.3 is 6.18 Å². The number of rotatable bonds is 6. The summed E-state index contributed by atoms with van der Waals surface area (Å²) in [6.07, 6.45) is -3.65. The molecule has 0 radical (unpaired) electrons. The zero-order chi connectivity index (χ0) is 20.2. The Kier molecular flexibility index (Phi) is 6.85. The summed E-state index contributed by atoms with van der Waals surface area (Å²) in [5.74, 6) is 0.549. The summed E-state index contributed by atoms with van der Waals surface area (Å²) in [5, 5.41) is 12.2. The van der Waals surface area contributed by atoms with Crippen molar-refractivity contribution in [3.8, 4) is 0 Å². The molecule has 1 unspecified atom stereocenters. The molecule has 0 aliphatic carbocycles. The number of guanidine groups is 1. The second kappa shape index (κ2) is 8.73. The second-order valence-electron chi connectivity index (χ2n) is 6.34. The summed E-state index contributed by atoms with van der Waals surface area (Å²) < 4.78 is 39.8. The molecule has 2 N–H and O–H groups in total. The molecule has 0 aliphatic rings. The van der Waals surface area contributed by atoms with Crippen LogP contribution in [0.15, 0.2) is 10.4 Å². The molecule has 2 aromatic rings. The van der Waals surface area contributed by atoms with Gasteiger partial charge in [-0.1, -0.05) is 0 Å². The zero-order valence-corrected chi connectivity index (χ0v) is 16.9. The van der Waals surface area contributed by atoms with Crippen molar-refractivity contribution in [2.75, 3.05) is 6.54 Å². The number of aryl methyl sites for hydroxylation is 2. The van der Waals surface area contributed by atoms with E-state index in [2.05, 4.69) is 25.7 Å². The van der Waals surface area contributed by atoms with Crippen LogP contribution >= 0.6 is 11.3 Å². The molecule has 2 rings (SSSR count). The first-order valence-electron chi connectivity index (χ1n) is 8.67. The van der Waals surface area contributed by atoms with Crippen molar-refractivity contribution in [2.45, 2.75) is 52.9 Å².